The van der Waals surface area contributed by atoms with E-state index in [0.29, 0.717) is 29.6 Å². The molecule has 0 spiro atoms. The molecule has 3 rings (SSSR count). The van der Waals surface area contributed by atoms with E-state index in [1.54, 1.807) is 32.4 Å². The van der Waals surface area contributed by atoms with E-state index in [-0.39, 0.29) is 5.91 Å². The zero-order valence-corrected chi connectivity index (χ0v) is 14.7. The highest BCUT2D eigenvalue weighted by molar-refractivity contribution is 5.97. The number of hydrogen-bond acceptors (Lipinski definition) is 4. The molecule has 1 atom stereocenters. The van der Waals surface area contributed by atoms with Crippen LogP contribution in [0.25, 0.3) is 0 Å². The van der Waals surface area contributed by atoms with Crippen molar-refractivity contribution < 1.29 is 14.3 Å². The highest BCUT2D eigenvalue weighted by atomic mass is 16.5. The van der Waals surface area contributed by atoms with E-state index in [9.17, 15) is 4.79 Å². The second-order valence-corrected chi connectivity index (χ2v) is 6.10. The van der Waals surface area contributed by atoms with Gasteiger partial charge in [-0.05, 0) is 37.1 Å². The van der Waals surface area contributed by atoms with E-state index in [2.05, 4.69) is 22.3 Å². The number of carbonyl (C=O) groups excluding carboxylic acids is 1. The largest absolute Gasteiger partial charge is 0.497 e. The van der Waals surface area contributed by atoms with Crippen LogP contribution in [0.3, 0.4) is 0 Å². The summed E-state index contributed by atoms with van der Waals surface area (Å²) in [7, 11) is 3.15. The maximum atomic E-state index is 12.6. The second kappa shape index (κ2) is 7.92. The number of benzene rings is 2. The summed E-state index contributed by atoms with van der Waals surface area (Å²) in [5.41, 5.74) is 1.73. The highest BCUT2D eigenvalue weighted by Crippen LogP contribution is 2.26. The van der Waals surface area contributed by atoms with Crippen molar-refractivity contribution >= 4 is 11.6 Å². The van der Waals surface area contributed by atoms with Gasteiger partial charge in [-0.1, -0.05) is 18.2 Å². The van der Waals surface area contributed by atoms with Crippen molar-refractivity contribution in [3.05, 3.63) is 54.1 Å². The Morgan fingerprint density at radius 2 is 1.96 bits per heavy atom. The number of para-hydroxylation sites is 1. The fraction of sp³-hybridized carbons (Fsp3) is 0.350. The fourth-order valence-electron chi connectivity index (χ4n) is 3.30. The summed E-state index contributed by atoms with van der Waals surface area (Å²) in [6, 6.07) is 15.9. The first-order valence-corrected chi connectivity index (χ1v) is 8.55. The first-order valence-electron chi connectivity index (χ1n) is 8.55. The molecule has 1 amide bonds. The highest BCUT2D eigenvalue weighted by Gasteiger charge is 2.25. The van der Waals surface area contributed by atoms with Gasteiger partial charge in [-0.3, -0.25) is 4.79 Å². The molecule has 5 nitrogen and oxygen atoms in total. The average molecular weight is 340 g/mol. The Kier molecular flexibility index (Phi) is 5.43. The first kappa shape index (κ1) is 17.1. The lowest BCUT2D eigenvalue weighted by atomic mass is 10.1. The Bertz CT molecular complexity index is 718. The number of hydrogen-bond donors (Lipinski definition) is 1. The minimum absolute atomic E-state index is 0.126. The Hall–Kier alpha value is -2.69. The molecular weight excluding hydrogens is 316 g/mol. The van der Waals surface area contributed by atoms with Gasteiger partial charge in [-0.15, -0.1) is 0 Å². The van der Waals surface area contributed by atoms with Crippen LogP contribution in [0.1, 0.15) is 23.2 Å². The molecule has 25 heavy (non-hydrogen) atoms. The van der Waals surface area contributed by atoms with E-state index in [4.69, 9.17) is 9.47 Å². The molecular formula is C20H24N2O3. The Morgan fingerprint density at radius 1 is 1.16 bits per heavy atom. The van der Waals surface area contributed by atoms with Gasteiger partial charge in [0.1, 0.15) is 11.5 Å². The Morgan fingerprint density at radius 3 is 2.68 bits per heavy atom. The standard InChI is InChI=1S/C20H24N2O3/c1-24-17-10-11-18(19(13-17)25-2)20(23)21-14-16-9-6-12-22(16)15-7-4-3-5-8-15/h3-5,7-8,10-11,13,16H,6,9,12,14H2,1-2H3,(H,21,23). The third-order valence-electron chi connectivity index (χ3n) is 4.62. The summed E-state index contributed by atoms with van der Waals surface area (Å²) < 4.78 is 10.5. The van der Waals surface area contributed by atoms with E-state index in [0.717, 1.165) is 19.4 Å². The number of rotatable bonds is 6. The number of nitrogens with one attached hydrogen (secondary N) is 1. The lowest BCUT2D eigenvalue weighted by molar-refractivity contribution is 0.0948. The SMILES string of the molecule is COc1ccc(C(=O)NCC2CCCN2c2ccccc2)c(OC)c1. The van der Waals surface area contributed by atoms with Crippen LogP contribution in [-0.2, 0) is 0 Å². The molecule has 0 saturated carbocycles. The van der Waals surface area contributed by atoms with Crippen LogP contribution >= 0.6 is 0 Å². The van der Waals surface area contributed by atoms with Gasteiger partial charge in [0.25, 0.3) is 5.91 Å². The van der Waals surface area contributed by atoms with E-state index >= 15 is 0 Å². The van der Waals surface area contributed by atoms with Crippen LogP contribution in [0.2, 0.25) is 0 Å². The Labute approximate surface area is 148 Å². The molecule has 0 aliphatic carbocycles. The maximum absolute atomic E-state index is 12.6. The zero-order chi connectivity index (χ0) is 17.6. The number of nitrogens with zero attached hydrogens (tertiary/aromatic N) is 1. The normalized spacial score (nSPS) is 16.6. The molecule has 0 aromatic heterocycles. The summed E-state index contributed by atoms with van der Waals surface area (Å²) in [5, 5.41) is 3.05. The summed E-state index contributed by atoms with van der Waals surface area (Å²) in [6.07, 6.45) is 2.22. The first-order chi connectivity index (χ1) is 12.2. The van der Waals surface area contributed by atoms with Gasteiger partial charge in [0.05, 0.1) is 19.8 Å². The minimum atomic E-state index is -0.126. The topological polar surface area (TPSA) is 50.8 Å². The van der Waals surface area contributed by atoms with E-state index in [1.807, 2.05) is 18.2 Å². The van der Waals surface area contributed by atoms with Crippen LogP contribution in [-0.4, -0.2) is 39.3 Å². The van der Waals surface area contributed by atoms with Crippen molar-refractivity contribution in [2.75, 3.05) is 32.2 Å². The quantitative estimate of drug-likeness (QED) is 0.878. The molecule has 0 bridgehead atoms. The van der Waals surface area contributed by atoms with Gasteiger partial charge in [0, 0.05) is 30.9 Å². The van der Waals surface area contributed by atoms with Crippen molar-refractivity contribution in [2.45, 2.75) is 18.9 Å². The number of anilines is 1. The second-order valence-electron chi connectivity index (χ2n) is 6.10. The zero-order valence-electron chi connectivity index (χ0n) is 14.7. The number of ether oxygens (including phenoxy) is 2. The maximum Gasteiger partial charge on any atom is 0.255 e. The third kappa shape index (κ3) is 3.87. The van der Waals surface area contributed by atoms with Gasteiger partial charge in [0.2, 0.25) is 0 Å². The molecule has 1 aliphatic heterocycles. The van der Waals surface area contributed by atoms with Crippen molar-refractivity contribution in [3.63, 3.8) is 0 Å². The molecule has 5 heteroatoms. The lowest BCUT2D eigenvalue weighted by Crippen LogP contribution is -2.40. The molecule has 1 saturated heterocycles. The average Bonchev–Trinajstić information content (AvgIpc) is 3.14. The minimum Gasteiger partial charge on any atom is -0.497 e. The van der Waals surface area contributed by atoms with Crippen molar-refractivity contribution in [1.29, 1.82) is 0 Å². The molecule has 132 valence electrons. The summed E-state index contributed by atoms with van der Waals surface area (Å²) in [4.78, 5) is 14.9. The van der Waals surface area contributed by atoms with Crippen LogP contribution in [0.15, 0.2) is 48.5 Å². The van der Waals surface area contributed by atoms with Crippen LogP contribution < -0.4 is 19.7 Å². The lowest BCUT2D eigenvalue weighted by Gasteiger charge is -2.27. The fourth-order valence-corrected chi connectivity index (χ4v) is 3.30. The molecule has 0 radical (unpaired) electrons. The van der Waals surface area contributed by atoms with E-state index < -0.39 is 0 Å². The summed E-state index contributed by atoms with van der Waals surface area (Å²) >= 11 is 0. The van der Waals surface area contributed by atoms with E-state index in [1.165, 1.54) is 5.69 Å². The van der Waals surface area contributed by atoms with Gasteiger partial charge >= 0.3 is 0 Å². The van der Waals surface area contributed by atoms with Crippen LogP contribution in [0.4, 0.5) is 5.69 Å². The van der Waals surface area contributed by atoms with Crippen molar-refractivity contribution in [2.24, 2.45) is 0 Å². The molecule has 2 aromatic rings. The smallest absolute Gasteiger partial charge is 0.255 e. The summed E-state index contributed by atoms with van der Waals surface area (Å²) in [6.45, 7) is 1.64. The number of methoxy groups -OCH3 is 2. The predicted octanol–water partition coefficient (Wildman–Crippen LogP) is 3.10. The number of amides is 1. The molecule has 1 heterocycles. The molecule has 2 aromatic carbocycles. The molecule has 1 N–H and O–H groups in total. The molecule has 1 unspecified atom stereocenters. The van der Waals surface area contributed by atoms with Gasteiger partial charge in [-0.25, -0.2) is 0 Å². The number of carbonyl (C=O) groups is 1. The molecule has 1 aliphatic rings. The Balaban J connectivity index is 1.66. The van der Waals surface area contributed by atoms with Crippen molar-refractivity contribution in [3.8, 4) is 11.5 Å². The van der Waals surface area contributed by atoms with Crippen LogP contribution in [0.5, 0.6) is 11.5 Å². The van der Waals surface area contributed by atoms with Gasteiger partial charge < -0.3 is 19.7 Å². The third-order valence-corrected chi connectivity index (χ3v) is 4.62. The molecule has 1 fully saturated rings. The van der Waals surface area contributed by atoms with Gasteiger partial charge in [0.15, 0.2) is 0 Å². The van der Waals surface area contributed by atoms with Crippen LogP contribution in [0, 0.1) is 0 Å². The predicted molar refractivity (Wildman–Crippen MR) is 98.7 cm³/mol. The van der Waals surface area contributed by atoms with Crippen molar-refractivity contribution in [1.82, 2.24) is 5.32 Å². The monoisotopic (exact) mass is 340 g/mol. The van der Waals surface area contributed by atoms with Gasteiger partial charge in [-0.2, -0.15) is 0 Å². The summed E-state index contributed by atoms with van der Waals surface area (Å²) in [5.74, 6) is 1.06.